The molecule has 6 rings (SSSR count). The largest absolute Gasteiger partial charge is 0.473 e. The molecule has 2 aliphatic rings. The molecular formula is C24H25N5O3. The lowest BCUT2D eigenvalue weighted by atomic mass is 9.92. The van der Waals surface area contributed by atoms with Crippen LogP contribution >= 0.6 is 0 Å². The van der Waals surface area contributed by atoms with E-state index in [2.05, 4.69) is 45.1 Å². The molecule has 4 heterocycles. The highest BCUT2D eigenvalue weighted by Crippen LogP contribution is 2.39. The van der Waals surface area contributed by atoms with Gasteiger partial charge in [0, 0.05) is 24.6 Å². The van der Waals surface area contributed by atoms with E-state index >= 15 is 0 Å². The number of aromatic amines is 1. The number of fused-ring (bicyclic) bond motifs is 2. The van der Waals surface area contributed by atoms with Gasteiger partial charge in [-0.1, -0.05) is 12.7 Å². The molecule has 0 bridgehead atoms. The second-order valence-corrected chi connectivity index (χ2v) is 8.59. The minimum Gasteiger partial charge on any atom is -0.473 e. The third-order valence-corrected chi connectivity index (χ3v) is 6.56. The average Bonchev–Trinajstić information content (AvgIpc) is 3.55. The van der Waals surface area contributed by atoms with Gasteiger partial charge in [0.1, 0.15) is 12.4 Å². The Morgan fingerprint density at radius 1 is 1.19 bits per heavy atom. The topological polar surface area (TPSA) is 86.6 Å². The highest BCUT2D eigenvalue weighted by atomic mass is 16.7. The Kier molecular flexibility index (Phi) is 4.51. The van der Waals surface area contributed by atoms with Gasteiger partial charge in [0.2, 0.25) is 5.88 Å². The summed E-state index contributed by atoms with van der Waals surface area (Å²) in [6.45, 7) is 7.44. The van der Waals surface area contributed by atoms with Gasteiger partial charge in [-0.25, -0.2) is 9.50 Å². The summed E-state index contributed by atoms with van der Waals surface area (Å²) in [6, 6.07) is 6.33. The quantitative estimate of drug-likeness (QED) is 0.519. The summed E-state index contributed by atoms with van der Waals surface area (Å²) in [4.78, 5) is 4.31. The van der Waals surface area contributed by atoms with Gasteiger partial charge in [0.25, 0.3) is 0 Å². The van der Waals surface area contributed by atoms with E-state index in [1.807, 2.05) is 19.2 Å². The zero-order valence-corrected chi connectivity index (χ0v) is 18.0. The maximum atomic E-state index is 6.34. The van der Waals surface area contributed by atoms with E-state index in [1.165, 1.54) is 0 Å². The molecule has 8 heteroatoms. The molecule has 1 aliphatic carbocycles. The first-order valence-electron chi connectivity index (χ1n) is 11.0. The van der Waals surface area contributed by atoms with Crippen molar-refractivity contribution in [2.45, 2.75) is 44.5 Å². The van der Waals surface area contributed by atoms with Crippen LogP contribution in [-0.4, -0.2) is 49.9 Å². The molecular weight excluding hydrogens is 406 g/mol. The first-order valence-corrected chi connectivity index (χ1v) is 11.0. The molecule has 1 spiro atoms. The number of aromatic nitrogens is 5. The third-order valence-electron chi connectivity index (χ3n) is 6.56. The van der Waals surface area contributed by atoms with Gasteiger partial charge in [0.05, 0.1) is 24.1 Å². The fourth-order valence-electron chi connectivity index (χ4n) is 4.92. The fraction of sp³-hybridized carbons (Fsp3) is 0.375. The van der Waals surface area contributed by atoms with E-state index < -0.39 is 5.79 Å². The molecule has 0 radical (unpaired) electrons. The van der Waals surface area contributed by atoms with Crippen molar-refractivity contribution in [1.29, 1.82) is 0 Å². The third kappa shape index (κ3) is 3.18. The van der Waals surface area contributed by atoms with Gasteiger partial charge in [-0.05, 0) is 54.7 Å². The average molecular weight is 431 g/mol. The van der Waals surface area contributed by atoms with Gasteiger partial charge in [-0.3, -0.25) is 5.10 Å². The van der Waals surface area contributed by atoms with Crippen LogP contribution in [0, 0.1) is 6.92 Å². The first-order chi connectivity index (χ1) is 15.6. The van der Waals surface area contributed by atoms with E-state index in [4.69, 9.17) is 14.2 Å². The summed E-state index contributed by atoms with van der Waals surface area (Å²) in [5, 5.41) is 12.9. The van der Waals surface area contributed by atoms with Crippen LogP contribution in [0.5, 0.6) is 5.88 Å². The van der Waals surface area contributed by atoms with Crippen LogP contribution in [0.15, 0.2) is 37.3 Å². The molecule has 2 fully saturated rings. The molecule has 4 aromatic rings. The van der Waals surface area contributed by atoms with Crippen LogP contribution in [0.1, 0.15) is 36.8 Å². The van der Waals surface area contributed by atoms with Crippen molar-refractivity contribution in [2.24, 2.45) is 0 Å². The lowest BCUT2D eigenvalue weighted by Gasteiger charge is -2.35. The monoisotopic (exact) mass is 431 g/mol. The standard InChI is InChI=1S/C24H25N5O3/c1-3-16-11-17(18-10-15(2)22-25-14-26-29(22)13-18)12-20-21(16)23(28-27-20)32-19-4-6-24(7-5-19)30-8-9-31-24/h3,10-14,19H,1,4-9H2,2H3,(H,27,28). The van der Waals surface area contributed by atoms with Gasteiger partial charge in [-0.2, -0.15) is 5.10 Å². The number of aryl methyl sites for hydroxylation is 1. The Bertz CT molecular complexity index is 1310. The molecule has 0 unspecified atom stereocenters. The molecule has 8 nitrogen and oxygen atoms in total. The molecule has 164 valence electrons. The second-order valence-electron chi connectivity index (χ2n) is 8.59. The van der Waals surface area contributed by atoms with E-state index in [1.54, 1.807) is 10.8 Å². The van der Waals surface area contributed by atoms with Crippen molar-refractivity contribution < 1.29 is 14.2 Å². The Morgan fingerprint density at radius 3 is 2.78 bits per heavy atom. The maximum absolute atomic E-state index is 6.34. The molecule has 1 aromatic carbocycles. The van der Waals surface area contributed by atoms with Gasteiger partial charge >= 0.3 is 0 Å². The number of nitrogens with zero attached hydrogens (tertiary/aromatic N) is 4. The Morgan fingerprint density at radius 2 is 2.00 bits per heavy atom. The molecule has 3 aromatic heterocycles. The summed E-state index contributed by atoms with van der Waals surface area (Å²) >= 11 is 0. The van der Waals surface area contributed by atoms with Crippen LogP contribution in [-0.2, 0) is 9.47 Å². The zero-order valence-electron chi connectivity index (χ0n) is 18.0. The smallest absolute Gasteiger partial charge is 0.241 e. The number of ether oxygens (including phenoxy) is 3. The molecule has 1 N–H and O–H groups in total. The molecule has 32 heavy (non-hydrogen) atoms. The molecule has 1 aliphatic heterocycles. The van der Waals surface area contributed by atoms with Crippen molar-refractivity contribution in [3.63, 3.8) is 0 Å². The molecule has 0 amide bonds. The normalized spacial score (nSPS) is 18.7. The Balaban J connectivity index is 1.31. The van der Waals surface area contributed by atoms with E-state index in [0.29, 0.717) is 19.1 Å². The van der Waals surface area contributed by atoms with Crippen molar-refractivity contribution in [3.05, 3.63) is 48.4 Å². The van der Waals surface area contributed by atoms with E-state index in [9.17, 15) is 0 Å². The lowest BCUT2D eigenvalue weighted by molar-refractivity contribution is -0.186. The predicted molar refractivity (Wildman–Crippen MR) is 120 cm³/mol. The molecule has 1 saturated heterocycles. The number of hydrogen-bond acceptors (Lipinski definition) is 6. The summed E-state index contributed by atoms with van der Waals surface area (Å²) in [6.07, 6.45) is 8.97. The predicted octanol–water partition coefficient (Wildman–Crippen LogP) is 4.29. The summed E-state index contributed by atoms with van der Waals surface area (Å²) in [7, 11) is 0. The minimum absolute atomic E-state index is 0.0923. The van der Waals surface area contributed by atoms with Crippen LogP contribution in [0.3, 0.4) is 0 Å². The Hall–Kier alpha value is -3.23. The summed E-state index contributed by atoms with van der Waals surface area (Å²) in [5.41, 5.74) is 5.93. The van der Waals surface area contributed by atoms with Crippen molar-refractivity contribution in [3.8, 4) is 17.0 Å². The van der Waals surface area contributed by atoms with Crippen molar-refractivity contribution in [2.75, 3.05) is 13.2 Å². The zero-order chi connectivity index (χ0) is 21.7. The number of benzene rings is 1. The maximum Gasteiger partial charge on any atom is 0.241 e. The second kappa shape index (κ2) is 7.43. The van der Waals surface area contributed by atoms with Crippen molar-refractivity contribution >= 4 is 22.6 Å². The van der Waals surface area contributed by atoms with E-state index in [-0.39, 0.29) is 6.10 Å². The number of rotatable bonds is 4. The van der Waals surface area contributed by atoms with E-state index in [0.717, 1.165) is 64.5 Å². The van der Waals surface area contributed by atoms with Crippen LogP contribution in [0.4, 0.5) is 0 Å². The van der Waals surface area contributed by atoms with Crippen LogP contribution in [0.2, 0.25) is 0 Å². The number of nitrogens with one attached hydrogen (secondary N) is 1. The summed E-state index contributed by atoms with van der Waals surface area (Å²) < 4.78 is 19.8. The fourth-order valence-corrected chi connectivity index (χ4v) is 4.92. The first kappa shape index (κ1) is 19.5. The SMILES string of the molecule is C=Cc1cc(-c2cc(C)c3ncnn3c2)cc2[nH]nc(OC3CCC4(CC3)OCCO4)c12. The molecule has 1 saturated carbocycles. The number of pyridine rings is 1. The highest BCUT2D eigenvalue weighted by molar-refractivity contribution is 5.95. The highest BCUT2D eigenvalue weighted by Gasteiger charge is 2.41. The van der Waals surface area contributed by atoms with Crippen LogP contribution < -0.4 is 4.74 Å². The number of hydrogen-bond donors (Lipinski definition) is 1. The van der Waals surface area contributed by atoms with Gasteiger partial charge in [0.15, 0.2) is 11.4 Å². The molecule has 0 atom stereocenters. The van der Waals surface area contributed by atoms with Crippen LogP contribution in [0.25, 0.3) is 33.8 Å². The van der Waals surface area contributed by atoms with Gasteiger partial charge < -0.3 is 14.2 Å². The minimum atomic E-state index is -0.391. The summed E-state index contributed by atoms with van der Waals surface area (Å²) in [5.74, 6) is 0.233. The Labute approximate surface area is 185 Å². The van der Waals surface area contributed by atoms with Crippen molar-refractivity contribution in [1.82, 2.24) is 24.8 Å². The number of H-pyrrole nitrogens is 1. The van der Waals surface area contributed by atoms with Gasteiger partial charge in [-0.15, -0.1) is 5.10 Å². The lowest BCUT2D eigenvalue weighted by Crippen LogP contribution is -2.38.